The normalized spacial score (nSPS) is 15.7. The van der Waals surface area contributed by atoms with Crippen molar-refractivity contribution in [3.63, 3.8) is 0 Å². The van der Waals surface area contributed by atoms with E-state index in [1.165, 1.54) is 0 Å². The minimum Gasteiger partial charge on any atom is -0.285 e. The summed E-state index contributed by atoms with van der Waals surface area (Å²) in [6, 6.07) is 0. The van der Waals surface area contributed by atoms with Crippen LogP contribution in [0.5, 0.6) is 0 Å². The molecular weight excluding hydrogens is 156 g/mol. The molecule has 1 atom stereocenters. The molecule has 0 aromatic rings. The van der Waals surface area contributed by atoms with Crippen LogP contribution in [0.15, 0.2) is 0 Å². The minimum atomic E-state index is -3.55. The van der Waals surface area contributed by atoms with Crippen LogP contribution in [0.3, 0.4) is 0 Å². The Morgan fingerprint density at radius 2 is 2.11 bits per heavy atom. The zero-order valence-corrected chi connectivity index (χ0v) is 5.46. The Morgan fingerprint density at radius 1 is 1.67 bits per heavy atom. The van der Waals surface area contributed by atoms with Gasteiger partial charge in [0.1, 0.15) is 5.88 Å². The van der Waals surface area contributed by atoms with E-state index in [9.17, 15) is 13.2 Å². The lowest BCUT2D eigenvalue weighted by Crippen LogP contribution is -2.25. The predicted molar refractivity (Wildman–Crippen MR) is 27.3 cm³/mol. The van der Waals surface area contributed by atoms with Crippen LogP contribution < -0.4 is 0 Å². The van der Waals surface area contributed by atoms with Crippen LogP contribution in [-0.4, -0.2) is 18.3 Å². The van der Waals surface area contributed by atoms with Gasteiger partial charge in [0.25, 0.3) is 0 Å². The van der Waals surface area contributed by atoms with Crippen molar-refractivity contribution in [2.45, 2.75) is 19.4 Å². The van der Waals surface area contributed by atoms with Crippen LogP contribution in [-0.2, 0) is 4.74 Å². The molecule has 0 saturated carbocycles. The van der Waals surface area contributed by atoms with Crippen LogP contribution in [0.1, 0.15) is 6.92 Å². The molecule has 0 aromatic carbocycles. The standard InChI is InChI=1S/C4H6ClF3O/c1-3(6)9-4(7,8)2-5/h3H,2H2,1H3. The first-order chi connectivity index (χ1) is 3.98. The van der Waals surface area contributed by atoms with Crippen LogP contribution >= 0.6 is 11.6 Å². The van der Waals surface area contributed by atoms with Gasteiger partial charge in [-0.25, -0.2) is 4.39 Å². The fourth-order valence-electron chi connectivity index (χ4n) is 0.269. The van der Waals surface area contributed by atoms with Crippen molar-refractivity contribution in [2.24, 2.45) is 0 Å². The van der Waals surface area contributed by atoms with Gasteiger partial charge in [-0.2, -0.15) is 8.78 Å². The van der Waals surface area contributed by atoms with Crippen molar-refractivity contribution in [3.8, 4) is 0 Å². The highest BCUT2D eigenvalue weighted by Crippen LogP contribution is 2.19. The van der Waals surface area contributed by atoms with E-state index in [0.717, 1.165) is 6.92 Å². The van der Waals surface area contributed by atoms with Gasteiger partial charge in [-0.05, 0) is 6.92 Å². The number of alkyl halides is 4. The molecule has 56 valence electrons. The third-order valence-electron chi connectivity index (χ3n) is 0.490. The van der Waals surface area contributed by atoms with E-state index in [-0.39, 0.29) is 0 Å². The summed E-state index contributed by atoms with van der Waals surface area (Å²) in [6.07, 6.45) is -5.53. The van der Waals surface area contributed by atoms with Crippen molar-refractivity contribution >= 4 is 11.6 Å². The second-order valence-electron chi connectivity index (χ2n) is 1.43. The molecule has 9 heavy (non-hydrogen) atoms. The van der Waals surface area contributed by atoms with Gasteiger partial charge in [0.15, 0.2) is 0 Å². The van der Waals surface area contributed by atoms with E-state index in [4.69, 9.17) is 11.6 Å². The molecule has 0 radical (unpaired) electrons. The monoisotopic (exact) mass is 162 g/mol. The van der Waals surface area contributed by atoms with E-state index in [1.807, 2.05) is 0 Å². The Morgan fingerprint density at radius 3 is 2.22 bits per heavy atom. The molecule has 0 amide bonds. The molecular formula is C4H6ClF3O. The van der Waals surface area contributed by atoms with E-state index in [0.29, 0.717) is 0 Å². The van der Waals surface area contributed by atoms with Crippen LogP contribution in [0, 0.1) is 0 Å². The smallest absolute Gasteiger partial charge is 0.285 e. The maximum atomic E-state index is 11.8. The van der Waals surface area contributed by atoms with Gasteiger partial charge in [-0.15, -0.1) is 11.6 Å². The lowest BCUT2D eigenvalue weighted by molar-refractivity contribution is -0.268. The molecule has 0 fully saturated rings. The second kappa shape index (κ2) is 3.27. The molecule has 5 heteroatoms. The van der Waals surface area contributed by atoms with Gasteiger partial charge in [0.05, 0.1) is 0 Å². The first-order valence-electron chi connectivity index (χ1n) is 2.23. The summed E-state index contributed by atoms with van der Waals surface area (Å²) in [5.41, 5.74) is 0. The molecule has 1 nitrogen and oxygen atoms in total. The van der Waals surface area contributed by atoms with Crippen molar-refractivity contribution in [1.82, 2.24) is 0 Å². The van der Waals surface area contributed by atoms with Gasteiger partial charge in [0.2, 0.25) is 6.36 Å². The van der Waals surface area contributed by atoms with E-state index in [2.05, 4.69) is 4.74 Å². The third kappa shape index (κ3) is 4.54. The number of halogens is 4. The van der Waals surface area contributed by atoms with Gasteiger partial charge in [-0.3, -0.25) is 4.74 Å². The lowest BCUT2D eigenvalue weighted by Gasteiger charge is -2.13. The summed E-state index contributed by atoms with van der Waals surface area (Å²) < 4.78 is 38.7. The summed E-state index contributed by atoms with van der Waals surface area (Å²) in [5, 5.41) is 0. The van der Waals surface area contributed by atoms with Gasteiger partial charge < -0.3 is 0 Å². The first-order valence-corrected chi connectivity index (χ1v) is 2.77. The summed E-state index contributed by atoms with van der Waals surface area (Å²) in [5.74, 6) is -1.03. The van der Waals surface area contributed by atoms with E-state index in [1.54, 1.807) is 0 Å². The Hall–Kier alpha value is 0.0400. The molecule has 0 aliphatic carbocycles. The van der Waals surface area contributed by atoms with Crippen molar-refractivity contribution < 1.29 is 17.9 Å². The van der Waals surface area contributed by atoms with Crippen LogP contribution in [0.2, 0.25) is 0 Å². The van der Waals surface area contributed by atoms with Gasteiger partial charge in [0, 0.05) is 0 Å². The predicted octanol–water partition coefficient (Wildman–Crippen LogP) is 2.15. The van der Waals surface area contributed by atoms with Crippen molar-refractivity contribution in [1.29, 1.82) is 0 Å². The molecule has 0 saturated heterocycles. The molecule has 0 spiro atoms. The van der Waals surface area contributed by atoms with Crippen molar-refractivity contribution in [3.05, 3.63) is 0 Å². The molecule has 0 heterocycles. The van der Waals surface area contributed by atoms with E-state index < -0.39 is 18.3 Å². The zero-order valence-electron chi connectivity index (χ0n) is 4.70. The maximum Gasteiger partial charge on any atom is 0.371 e. The second-order valence-corrected chi connectivity index (χ2v) is 1.70. The quantitative estimate of drug-likeness (QED) is 0.578. The molecule has 1 unspecified atom stereocenters. The first kappa shape index (κ1) is 9.04. The summed E-state index contributed by atoms with van der Waals surface area (Å²) in [4.78, 5) is 0. The highest BCUT2D eigenvalue weighted by atomic mass is 35.5. The number of hydrogen-bond acceptors (Lipinski definition) is 1. The topological polar surface area (TPSA) is 9.23 Å². The molecule has 0 aromatic heterocycles. The minimum absolute atomic E-state index is 0.862. The summed E-state index contributed by atoms with van der Waals surface area (Å²) in [7, 11) is 0. The molecule has 0 rings (SSSR count). The Kier molecular flexibility index (Phi) is 3.28. The zero-order chi connectivity index (χ0) is 7.49. The van der Waals surface area contributed by atoms with Crippen molar-refractivity contribution in [2.75, 3.05) is 5.88 Å². The lowest BCUT2D eigenvalue weighted by atomic mass is 10.7. The number of rotatable bonds is 3. The molecule has 0 aliphatic heterocycles. The van der Waals surface area contributed by atoms with Gasteiger partial charge in [-0.1, -0.05) is 0 Å². The summed E-state index contributed by atoms with van der Waals surface area (Å²) >= 11 is 4.70. The fourth-order valence-corrected chi connectivity index (χ4v) is 0.332. The molecule has 0 bridgehead atoms. The molecule has 0 N–H and O–H groups in total. The largest absolute Gasteiger partial charge is 0.371 e. The maximum absolute atomic E-state index is 11.8. The van der Waals surface area contributed by atoms with Crippen LogP contribution in [0.4, 0.5) is 13.2 Å². The van der Waals surface area contributed by atoms with Crippen LogP contribution in [0.25, 0.3) is 0 Å². The Bertz CT molecular complexity index is 85.9. The average molecular weight is 163 g/mol. The fraction of sp³-hybridized carbons (Fsp3) is 1.00. The summed E-state index contributed by atoms with van der Waals surface area (Å²) in [6.45, 7) is 0.862. The SMILES string of the molecule is CC(F)OC(F)(F)CCl. The Labute approximate surface area is 55.7 Å². The van der Waals surface area contributed by atoms with Gasteiger partial charge >= 0.3 is 6.11 Å². The van der Waals surface area contributed by atoms with E-state index >= 15 is 0 Å². The number of ether oxygens (including phenoxy) is 1. The highest BCUT2D eigenvalue weighted by Gasteiger charge is 2.30. The highest BCUT2D eigenvalue weighted by molar-refractivity contribution is 6.18. The average Bonchev–Trinajstić information content (AvgIpc) is 1.63. The Balaban J connectivity index is 3.58. The number of hydrogen-bond donors (Lipinski definition) is 0. The molecule has 0 aliphatic rings. The third-order valence-corrected chi connectivity index (χ3v) is 0.802.